The van der Waals surface area contributed by atoms with Gasteiger partial charge in [0.2, 0.25) is 0 Å². The van der Waals surface area contributed by atoms with Crippen molar-refractivity contribution in [3.63, 3.8) is 0 Å². The fraction of sp³-hybridized carbons (Fsp3) is 0.769. The van der Waals surface area contributed by atoms with E-state index in [2.05, 4.69) is 24.3 Å². The Morgan fingerprint density at radius 2 is 1.84 bits per heavy atom. The van der Waals surface area contributed by atoms with Crippen molar-refractivity contribution < 1.29 is 13.2 Å². The highest BCUT2D eigenvalue weighted by molar-refractivity contribution is 5.28. The van der Waals surface area contributed by atoms with Crippen molar-refractivity contribution >= 4 is 0 Å². The molecule has 0 aliphatic rings. The van der Waals surface area contributed by atoms with E-state index in [4.69, 9.17) is 0 Å². The molecule has 1 aromatic heterocycles. The molecule has 0 radical (unpaired) electrons. The van der Waals surface area contributed by atoms with E-state index in [1.165, 1.54) is 0 Å². The molecule has 1 heterocycles. The van der Waals surface area contributed by atoms with Crippen LogP contribution in [0.2, 0.25) is 0 Å². The number of nitrogens with one attached hydrogen (secondary N) is 1. The van der Waals surface area contributed by atoms with Crippen LogP contribution in [-0.2, 0) is 6.54 Å². The van der Waals surface area contributed by atoms with Crippen LogP contribution in [0.25, 0.3) is 0 Å². The molecular weight excluding hydrogens is 255 g/mol. The van der Waals surface area contributed by atoms with Crippen molar-refractivity contribution in [1.29, 1.82) is 0 Å². The first-order chi connectivity index (χ1) is 8.65. The summed E-state index contributed by atoms with van der Waals surface area (Å²) in [6, 6.07) is 0.316. The molecule has 0 bridgehead atoms. The zero-order valence-electron chi connectivity index (χ0n) is 12.1. The summed E-state index contributed by atoms with van der Waals surface area (Å²) in [7, 11) is 0. The van der Waals surface area contributed by atoms with Crippen molar-refractivity contribution in [3.8, 4) is 0 Å². The SMILES string of the molecule is CC[C@H](C)N[C@H](C)c1c(C)nn(CC(F)(F)F)c1C. The quantitative estimate of drug-likeness (QED) is 0.892. The smallest absolute Gasteiger partial charge is 0.308 e. The molecule has 1 N–H and O–H groups in total. The van der Waals surface area contributed by atoms with Crippen molar-refractivity contribution in [3.05, 3.63) is 17.0 Å². The van der Waals surface area contributed by atoms with Crippen LogP contribution in [0.5, 0.6) is 0 Å². The fourth-order valence-corrected chi connectivity index (χ4v) is 2.29. The minimum absolute atomic E-state index is 0.00284. The molecule has 3 nitrogen and oxygen atoms in total. The second-order valence-corrected chi connectivity index (χ2v) is 5.05. The molecule has 2 atom stereocenters. The maximum atomic E-state index is 12.5. The molecule has 0 fully saturated rings. The molecule has 0 aliphatic carbocycles. The van der Waals surface area contributed by atoms with Crippen LogP contribution in [-0.4, -0.2) is 22.0 Å². The van der Waals surface area contributed by atoms with Crippen molar-refractivity contribution in [1.82, 2.24) is 15.1 Å². The van der Waals surface area contributed by atoms with Gasteiger partial charge in [-0.3, -0.25) is 4.68 Å². The predicted molar refractivity (Wildman–Crippen MR) is 69.1 cm³/mol. The van der Waals surface area contributed by atoms with Gasteiger partial charge in [-0.05, 0) is 34.1 Å². The van der Waals surface area contributed by atoms with E-state index in [0.717, 1.165) is 16.7 Å². The lowest BCUT2D eigenvalue weighted by Gasteiger charge is -2.19. The molecule has 0 spiro atoms. The van der Waals surface area contributed by atoms with Crippen LogP contribution in [0.3, 0.4) is 0 Å². The highest BCUT2D eigenvalue weighted by Gasteiger charge is 2.30. The Kier molecular flexibility index (Phi) is 5.01. The third kappa shape index (κ3) is 4.23. The van der Waals surface area contributed by atoms with Crippen LogP contribution in [0.1, 0.15) is 50.2 Å². The molecule has 19 heavy (non-hydrogen) atoms. The average Bonchev–Trinajstić information content (AvgIpc) is 2.51. The van der Waals surface area contributed by atoms with E-state index in [0.29, 0.717) is 17.4 Å². The fourth-order valence-electron chi connectivity index (χ4n) is 2.29. The van der Waals surface area contributed by atoms with Gasteiger partial charge in [0.1, 0.15) is 6.54 Å². The molecule has 6 heteroatoms. The van der Waals surface area contributed by atoms with Gasteiger partial charge in [-0.2, -0.15) is 18.3 Å². The molecule has 1 aromatic rings. The Morgan fingerprint density at radius 1 is 1.26 bits per heavy atom. The first kappa shape index (κ1) is 16.0. The number of hydrogen-bond acceptors (Lipinski definition) is 2. The number of hydrogen-bond donors (Lipinski definition) is 1. The van der Waals surface area contributed by atoms with E-state index in [1.807, 2.05) is 6.92 Å². The summed E-state index contributed by atoms with van der Waals surface area (Å²) in [6.45, 7) is 8.50. The number of aryl methyl sites for hydroxylation is 1. The number of alkyl halides is 3. The van der Waals surface area contributed by atoms with E-state index < -0.39 is 12.7 Å². The Labute approximate surface area is 112 Å². The molecule has 0 aliphatic heterocycles. The maximum Gasteiger partial charge on any atom is 0.408 e. The molecule has 0 aromatic carbocycles. The van der Waals surface area contributed by atoms with E-state index in [1.54, 1.807) is 13.8 Å². The normalized spacial score (nSPS) is 15.6. The molecule has 1 rings (SSSR count). The van der Waals surface area contributed by atoms with Crippen LogP contribution < -0.4 is 5.32 Å². The van der Waals surface area contributed by atoms with Gasteiger partial charge in [0.25, 0.3) is 0 Å². The maximum absolute atomic E-state index is 12.5. The minimum Gasteiger partial charge on any atom is -0.308 e. The van der Waals surface area contributed by atoms with Gasteiger partial charge in [-0.25, -0.2) is 0 Å². The predicted octanol–water partition coefficient (Wildman–Crippen LogP) is 3.51. The van der Waals surface area contributed by atoms with Crippen LogP contribution in [0, 0.1) is 13.8 Å². The number of aromatic nitrogens is 2. The molecule has 0 saturated heterocycles. The van der Waals surface area contributed by atoms with Gasteiger partial charge >= 0.3 is 6.18 Å². The molecule has 0 unspecified atom stereocenters. The molecule has 0 amide bonds. The minimum atomic E-state index is -4.24. The van der Waals surface area contributed by atoms with Gasteiger partial charge in [0.05, 0.1) is 5.69 Å². The summed E-state index contributed by atoms with van der Waals surface area (Å²) in [5.41, 5.74) is 2.10. The number of halogens is 3. The average molecular weight is 277 g/mol. The largest absolute Gasteiger partial charge is 0.408 e. The summed E-state index contributed by atoms with van der Waals surface area (Å²) >= 11 is 0. The van der Waals surface area contributed by atoms with Crippen LogP contribution in [0.4, 0.5) is 13.2 Å². The van der Waals surface area contributed by atoms with Gasteiger partial charge in [-0.15, -0.1) is 0 Å². The Bertz CT molecular complexity index is 424. The van der Waals surface area contributed by atoms with E-state index in [-0.39, 0.29) is 6.04 Å². The van der Waals surface area contributed by atoms with Gasteiger partial charge in [0.15, 0.2) is 0 Å². The summed E-state index contributed by atoms with van der Waals surface area (Å²) in [6.07, 6.45) is -3.27. The van der Waals surface area contributed by atoms with Gasteiger partial charge < -0.3 is 5.32 Å². The Hall–Kier alpha value is -1.04. The molecule has 0 saturated carbocycles. The topological polar surface area (TPSA) is 29.9 Å². The third-order valence-electron chi connectivity index (χ3n) is 3.35. The Morgan fingerprint density at radius 3 is 2.32 bits per heavy atom. The van der Waals surface area contributed by atoms with Crippen molar-refractivity contribution in [2.24, 2.45) is 0 Å². The van der Waals surface area contributed by atoms with E-state index in [9.17, 15) is 13.2 Å². The second kappa shape index (κ2) is 5.94. The zero-order valence-corrected chi connectivity index (χ0v) is 12.1. The summed E-state index contributed by atoms with van der Waals surface area (Å²) in [5, 5.41) is 7.38. The summed E-state index contributed by atoms with van der Waals surface area (Å²) in [5.74, 6) is 0. The monoisotopic (exact) mass is 277 g/mol. The van der Waals surface area contributed by atoms with Gasteiger partial charge in [-0.1, -0.05) is 6.92 Å². The summed E-state index contributed by atoms with van der Waals surface area (Å²) < 4.78 is 38.4. The van der Waals surface area contributed by atoms with Crippen LogP contribution in [0.15, 0.2) is 0 Å². The highest BCUT2D eigenvalue weighted by atomic mass is 19.4. The van der Waals surface area contributed by atoms with Gasteiger partial charge in [0, 0.05) is 23.3 Å². The van der Waals surface area contributed by atoms with Crippen molar-refractivity contribution in [2.45, 2.75) is 65.8 Å². The second-order valence-electron chi connectivity index (χ2n) is 5.05. The number of rotatable bonds is 5. The lowest BCUT2D eigenvalue weighted by atomic mass is 10.1. The Balaban J connectivity index is 2.96. The highest BCUT2D eigenvalue weighted by Crippen LogP contribution is 2.25. The first-order valence-corrected chi connectivity index (χ1v) is 6.52. The van der Waals surface area contributed by atoms with E-state index >= 15 is 0 Å². The van der Waals surface area contributed by atoms with Crippen molar-refractivity contribution in [2.75, 3.05) is 0 Å². The molecule has 110 valence electrons. The summed E-state index contributed by atoms with van der Waals surface area (Å²) in [4.78, 5) is 0. The third-order valence-corrected chi connectivity index (χ3v) is 3.35. The number of nitrogens with zero attached hydrogens (tertiary/aromatic N) is 2. The van der Waals surface area contributed by atoms with Crippen LogP contribution >= 0.6 is 0 Å². The lowest BCUT2D eigenvalue weighted by molar-refractivity contribution is -0.142. The standard InChI is InChI=1S/C13H22F3N3/c1-6-8(2)17-9(3)12-10(4)18-19(11(12)5)7-13(14,15)16/h8-9,17H,6-7H2,1-5H3/t8-,9+/m0/s1. The zero-order chi connectivity index (χ0) is 14.8. The molecular formula is C13H22F3N3. The lowest BCUT2D eigenvalue weighted by Crippen LogP contribution is -2.29. The first-order valence-electron chi connectivity index (χ1n) is 6.52.